The van der Waals surface area contributed by atoms with Crippen molar-refractivity contribution in [1.82, 2.24) is 15.6 Å². The smallest absolute Gasteiger partial charge is 0.272 e. The number of primary amides is 1. The van der Waals surface area contributed by atoms with E-state index in [1.807, 2.05) is 97.1 Å². The Hall–Kier alpha value is -6.03. The number of carbonyl (C=O) groups is 4. The Morgan fingerprint density at radius 3 is 2.27 bits per heavy atom. The van der Waals surface area contributed by atoms with Gasteiger partial charge in [-0.2, -0.15) is 0 Å². The fraction of sp³-hybridized carbons (Fsp3) is 0.114. The summed E-state index contributed by atoms with van der Waals surface area (Å²) in [5.74, 6) is -2.45. The SMILES string of the molecule is NC(=O)[C@H](Cc1ccccc1)NC(=O)CN1C(=O)[C@@H](NC(=O)c2cc3ccccc3[nH]2)N=C(c2ccccc2)c2ccccc21. The fourth-order valence-electron chi connectivity index (χ4n) is 5.37. The summed E-state index contributed by atoms with van der Waals surface area (Å²) >= 11 is 0. The average Bonchev–Trinajstić information content (AvgIpc) is 3.46. The lowest BCUT2D eigenvalue weighted by atomic mass is 10.0. The lowest BCUT2D eigenvalue weighted by molar-refractivity contribution is -0.127. The summed E-state index contributed by atoms with van der Waals surface area (Å²) in [7, 11) is 0. The number of amides is 4. The van der Waals surface area contributed by atoms with Crippen molar-refractivity contribution in [1.29, 1.82) is 0 Å². The van der Waals surface area contributed by atoms with Gasteiger partial charge in [-0.3, -0.25) is 24.1 Å². The molecule has 2 atom stereocenters. The van der Waals surface area contributed by atoms with Crippen LogP contribution in [0.2, 0.25) is 0 Å². The number of aliphatic imine (C=N–C) groups is 1. The molecule has 0 bridgehead atoms. The third-order valence-electron chi connectivity index (χ3n) is 7.56. The lowest BCUT2D eigenvalue weighted by Gasteiger charge is -2.26. The third kappa shape index (κ3) is 6.35. The Labute approximate surface area is 259 Å². The van der Waals surface area contributed by atoms with Gasteiger partial charge in [-0.1, -0.05) is 97.1 Å². The van der Waals surface area contributed by atoms with Crippen LogP contribution in [0, 0.1) is 0 Å². The Bertz CT molecular complexity index is 1890. The molecule has 4 aromatic carbocycles. The summed E-state index contributed by atoms with van der Waals surface area (Å²) in [4.78, 5) is 62.5. The quantitative estimate of drug-likeness (QED) is 0.206. The van der Waals surface area contributed by atoms with Gasteiger partial charge in [0.1, 0.15) is 18.3 Å². The highest BCUT2D eigenvalue weighted by Crippen LogP contribution is 2.28. The largest absolute Gasteiger partial charge is 0.368 e. The van der Waals surface area contributed by atoms with Gasteiger partial charge in [0.25, 0.3) is 11.8 Å². The second kappa shape index (κ2) is 12.7. The van der Waals surface area contributed by atoms with Gasteiger partial charge in [0.15, 0.2) is 0 Å². The third-order valence-corrected chi connectivity index (χ3v) is 7.56. The molecule has 0 unspecified atom stereocenters. The zero-order chi connectivity index (χ0) is 31.3. The van der Waals surface area contributed by atoms with E-state index in [1.165, 1.54) is 4.90 Å². The van der Waals surface area contributed by atoms with Crippen molar-refractivity contribution in [2.24, 2.45) is 10.7 Å². The second-order valence-corrected chi connectivity index (χ2v) is 10.6. The molecule has 10 heteroatoms. The van der Waals surface area contributed by atoms with Crippen molar-refractivity contribution >= 4 is 45.9 Å². The van der Waals surface area contributed by atoms with Gasteiger partial charge in [0.05, 0.1) is 11.4 Å². The van der Waals surface area contributed by atoms with E-state index in [-0.39, 0.29) is 12.1 Å². The zero-order valence-corrected chi connectivity index (χ0v) is 24.1. The Kier molecular flexibility index (Phi) is 8.19. The van der Waals surface area contributed by atoms with E-state index in [4.69, 9.17) is 10.7 Å². The predicted molar refractivity (Wildman–Crippen MR) is 172 cm³/mol. The van der Waals surface area contributed by atoms with Crippen LogP contribution in [0.5, 0.6) is 0 Å². The van der Waals surface area contributed by atoms with Crippen LogP contribution in [0.3, 0.4) is 0 Å². The normalized spacial score (nSPS) is 15.0. The van der Waals surface area contributed by atoms with Crippen molar-refractivity contribution in [2.75, 3.05) is 11.4 Å². The number of para-hydroxylation sites is 2. The molecule has 224 valence electrons. The molecule has 1 aromatic heterocycles. The highest BCUT2D eigenvalue weighted by molar-refractivity contribution is 6.21. The number of nitrogens with two attached hydrogens (primary N) is 1. The molecule has 0 fully saturated rings. The average molecular weight is 599 g/mol. The first-order chi connectivity index (χ1) is 21.9. The number of aromatic nitrogens is 1. The topological polar surface area (TPSA) is 150 Å². The first kappa shape index (κ1) is 29.1. The molecule has 0 saturated carbocycles. The summed E-state index contributed by atoms with van der Waals surface area (Å²) in [6.45, 7) is -0.440. The molecule has 5 aromatic rings. The van der Waals surface area contributed by atoms with E-state index in [2.05, 4.69) is 15.6 Å². The minimum absolute atomic E-state index is 0.191. The number of hydrogen-bond donors (Lipinski definition) is 4. The number of H-pyrrole nitrogens is 1. The molecule has 0 spiro atoms. The summed E-state index contributed by atoms with van der Waals surface area (Å²) in [6, 6.07) is 33.7. The standard InChI is InChI=1S/C35H30N6O4/c36-32(43)27(19-22-11-3-1-4-12-22)38-30(42)21-41-29-18-10-8-16-25(29)31(23-13-5-2-6-14-23)39-33(35(41)45)40-34(44)28-20-24-15-7-9-17-26(24)37-28/h1-18,20,27,33,37H,19,21H2,(H2,36,43)(H,38,42)(H,40,44)/t27-,33+/m0/s1. The maximum absolute atomic E-state index is 14.2. The fourth-order valence-corrected chi connectivity index (χ4v) is 5.37. The number of carbonyl (C=O) groups excluding carboxylic acids is 4. The van der Waals surface area contributed by atoms with Crippen LogP contribution in [0.4, 0.5) is 5.69 Å². The van der Waals surface area contributed by atoms with Crippen molar-refractivity contribution in [2.45, 2.75) is 18.6 Å². The van der Waals surface area contributed by atoms with E-state index in [0.717, 1.165) is 22.0 Å². The second-order valence-electron chi connectivity index (χ2n) is 10.6. The van der Waals surface area contributed by atoms with Gasteiger partial charge >= 0.3 is 0 Å². The Morgan fingerprint density at radius 1 is 0.867 bits per heavy atom. The Morgan fingerprint density at radius 2 is 1.53 bits per heavy atom. The molecule has 0 radical (unpaired) electrons. The molecule has 0 saturated heterocycles. The minimum atomic E-state index is -1.37. The molecule has 6 rings (SSSR count). The van der Waals surface area contributed by atoms with E-state index < -0.39 is 42.4 Å². The van der Waals surface area contributed by atoms with Gasteiger partial charge in [-0.05, 0) is 23.8 Å². The van der Waals surface area contributed by atoms with Crippen molar-refractivity contribution in [3.8, 4) is 0 Å². The van der Waals surface area contributed by atoms with Gasteiger partial charge in [0.2, 0.25) is 18.0 Å². The van der Waals surface area contributed by atoms with Gasteiger partial charge < -0.3 is 21.4 Å². The molecule has 2 heterocycles. The van der Waals surface area contributed by atoms with Crippen LogP contribution < -0.4 is 21.3 Å². The van der Waals surface area contributed by atoms with Crippen molar-refractivity contribution < 1.29 is 19.2 Å². The predicted octanol–water partition coefficient (Wildman–Crippen LogP) is 3.32. The van der Waals surface area contributed by atoms with Crippen LogP contribution in [-0.2, 0) is 20.8 Å². The molecule has 1 aliphatic rings. The van der Waals surface area contributed by atoms with Crippen LogP contribution in [-0.4, -0.2) is 53.1 Å². The van der Waals surface area contributed by atoms with E-state index in [9.17, 15) is 19.2 Å². The number of aromatic amines is 1. The number of benzodiazepines with no additional fused rings is 1. The lowest BCUT2D eigenvalue weighted by Crippen LogP contribution is -2.53. The number of nitrogens with one attached hydrogen (secondary N) is 3. The van der Waals surface area contributed by atoms with E-state index in [1.54, 1.807) is 18.2 Å². The monoisotopic (exact) mass is 598 g/mol. The van der Waals surface area contributed by atoms with E-state index in [0.29, 0.717) is 17.0 Å². The molecule has 1 aliphatic heterocycles. The van der Waals surface area contributed by atoms with E-state index >= 15 is 0 Å². The first-order valence-corrected chi connectivity index (χ1v) is 14.4. The molecule has 45 heavy (non-hydrogen) atoms. The molecular weight excluding hydrogens is 568 g/mol. The summed E-state index contributed by atoms with van der Waals surface area (Å²) < 4.78 is 0. The number of benzene rings is 4. The van der Waals surface area contributed by atoms with Gasteiger partial charge in [-0.15, -0.1) is 0 Å². The molecule has 4 amide bonds. The summed E-state index contributed by atoms with van der Waals surface area (Å²) in [5.41, 5.74) is 9.72. The van der Waals surface area contributed by atoms with Crippen molar-refractivity contribution in [3.63, 3.8) is 0 Å². The summed E-state index contributed by atoms with van der Waals surface area (Å²) in [5, 5.41) is 6.29. The van der Waals surface area contributed by atoms with Crippen molar-refractivity contribution in [3.05, 3.63) is 138 Å². The van der Waals surface area contributed by atoms with Gasteiger partial charge in [0, 0.05) is 28.5 Å². The highest BCUT2D eigenvalue weighted by atomic mass is 16.2. The number of nitrogens with zero attached hydrogens (tertiary/aromatic N) is 2. The first-order valence-electron chi connectivity index (χ1n) is 14.4. The molecule has 5 N–H and O–H groups in total. The number of anilines is 1. The van der Waals surface area contributed by atoms with Gasteiger partial charge in [-0.25, -0.2) is 4.99 Å². The van der Waals surface area contributed by atoms with Crippen LogP contribution in [0.15, 0.2) is 120 Å². The van der Waals surface area contributed by atoms with Crippen LogP contribution in [0.25, 0.3) is 10.9 Å². The maximum Gasteiger partial charge on any atom is 0.272 e. The molecular formula is C35H30N6O4. The Balaban J connectivity index is 1.33. The minimum Gasteiger partial charge on any atom is -0.368 e. The zero-order valence-electron chi connectivity index (χ0n) is 24.1. The molecule has 10 nitrogen and oxygen atoms in total. The number of fused-ring (bicyclic) bond motifs is 2. The molecule has 0 aliphatic carbocycles. The number of rotatable bonds is 9. The summed E-state index contributed by atoms with van der Waals surface area (Å²) in [6.07, 6.45) is -1.17. The van der Waals surface area contributed by atoms with Crippen LogP contribution >= 0.6 is 0 Å². The number of hydrogen-bond acceptors (Lipinski definition) is 5. The highest BCUT2D eigenvalue weighted by Gasteiger charge is 2.35. The maximum atomic E-state index is 14.2. The van der Waals surface area contributed by atoms with Crippen LogP contribution in [0.1, 0.15) is 27.2 Å².